The molecule has 0 unspecified atom stereocenters. The van der Waals surface area contributed by atoms with Gasteiger partial charge in [-0.15, -0.1) is 0 Å². The van der Waals surface area contributed by atoms with E-state index in [1.54, 1.807) is 0 Å². The van der Waals surface area contributed by atoms with E-state index < -0.39 is 0 Å². The molecular formula is C10H17NO. The molecule has 0 aromatic heterocycles. The van der Waals surface area contributed by atoms with Gasteiger partial charge in [-0.25, -0.2) is 0 Å². The van der Waals surface area contributed by atoms with Crippen LogP contribution in [0, 0.1) is 17.8 Å². The average molecular weight is 167 g/mol. The Balaban J connectivity index is 1.75. The normalized spacial score (nSPS) is 33.6. The Kier molecular flexibility index (Phi) is 1.85. The molecule has 0 aliphatic heterocycles. The molecule has 0 radical (unpaired) electrons. The first-order chi connectivity index (χ1) is 5.68. The summed E-state index contributed by atoms with van der Waals surface area (Å²) in [6.07, 6.45) is 3.90. The average Bonchev–Trinajstić information content (AvgIpc) is 2.81. The second kappa shape index (κ2) is 2.75. The number of hydrogen-bond acceptors (Lipinski definition) is 1. The zero-order valence-electron chi connectivity index (χ0n) is 7.84. The zero-order valence-corrected chi connectivity index (χ0v) is 7.84. The van der Waals surface area contributed by atoms with Crippen LogP contribution in [0.4, 0.5) is 0 Å². The quantitative estimate of drug-likeness (QED) is 0.679. The first-order valence-corrected chi connectivity index (χ1v) is 4.99. The van der Waals surface area contributed by atoms with Crippen molar-refractivity contribution in [2.24, 2.45) is 17.8 Å². The summed E-state index contributed by atoms with van der Waals surface area (Å²) in [6.45, 7) is 4.04. The number of carbonyl (C=O) groups is 1. The molecule has 1 amide bonds. The summed E-state index contributed by atoms with van der Waals surface area (Å²) in [7, 11) is 0. The minimum Gasteiger partial charge on any atom is -0.354 e. The molecule has 2 aliphatic rings. The highest BCUT2D eigenvalue weighted by atomic mass is 16.2. The summed E-state index contributed by atoms with van der Waals surface area (Å²) < 4.78 is 0. The minimum absolute atomic E-state index is 0.293. The molecule has 0 saturated heterocycles. The van der Waals surface area contributed by atoms with Gasteiger partial charge in [0, 0.05) is 12.0 Å². The summed E-state index contributed by atoms with van der Waals surface area (Å²) >= 11 is 0. The number of amides is 1. The Bertz CT molecular complexity index is 196. The van der Waals surface area contributed by atoms with E-state index >= 15 is 0 Å². The molecule has 0 spiro atoms. The Morgan fingerprint density at radius 2 is 2.08 bits per heavy atom. The monoisotopic (exact) mass is 167 g/mol. The molecule has 0 aromatic rings. The Hall–Kier alpha value is -0.530. The van der Waals surface area contributed by atoms with Gasteiger partial charge in [0.15, 0.2) is 0 Å². The summed E-state index contributed by atoms with van der Waals surface area (Å²) in [4.78, 5) is 11.4. The van der Waals surface area contributed by atoms with E-state index in [1.165, 1.54) is 12.8 Å². The molecule has 2 fully saturated rings. The topological polar surface area (TPSA) is 29.1 Å². The van der Waals surface area contributed by atoms with Gasteiger partial charge >= 0.3 is 0 Å². The molecule has 0 bridgehead atoms. The molecule has 0 aromatic carbocycles. The number of nitrogens with one attached hydrogen (secondary N) is 1. The maximum absolute atomic E-state index is 11.4. The van der Waals surface area contributed by atoms with Crippen molar-refractivity contribution in [2.45, 2.75) is 39.2 Å². The summed E-state index contributed by atoms with van der Waals surface area (Å²) in [6, 6.07) is 0.304. The Morgan fingerprint density at radius 1 is 1.42 bits per heavy atom. The third kappa shape index (κ3) is 1.62. The third-order valence-corrected chi connectivity index (χ3v) is 2.84. The van der Waals surface area contributed by atoms with Crippen molar-refractivity contribution in [3.63, 3.8) is 0 Å². The molecule has 2 nitrogen and oxygen atoms in total. The van der Waals surface area contributed by atoms with E-state index in [2.05, 4.69) is 5.32 Å². The molecule has 0 heterocycles. The van der Waals surface area contributed by atoms with Crippen molar-refractivity contribution >= 4 is 5.91 Å². The standard InChI is InChI=1S/C10H17NO/c1-6(2)11-10(12)9-5-8(9)7-3-4-7/h6-9H,3-5H2,1-2H3,(H,11,12)/t8-,9+/m0/s1. The predicted molar refractivity (Wildman–Crippen MR) is 47.6 cm³/mol. The SMILES string of the molecule is CC(C)NC(=O)[C@@H]1C[C@H]1C1CC1. The van der Waals surface area contributed by atoms with E-state index in [0.29, 0.717) is 17.9 Å². The van der Waals surface area contributed by atoms with Gasteiger partial charge in [0.1, 0.15) is 0 Å². The highest BCUT2D eigenvalue weighted by molar-refractivity contribution is 5.81. The number of rotatable bonds is 3. The van der Waals surface area contributed by atoms with E-state index in [4.69, 9.17) is 0 Å². The van der Waals surface area contributed by atoms with Crippen LogP contribution < -0.4 is 5.32 Å². The summed E-state index contributed by atoms with van der Waals surface area (Å²) in [5.41, 5.74) is 0. The second-order valence-corrected chi connectivity index (χ2v) is 4.51. The van der Waals surface area contributed by atoms with Crippen LogP contribution in [0.1, 0.15) is 33.1 Å². The fourth-order valence-electron chi connectivity index (χ4n) is 1.95. The van der Waals surface area contributed by atoms with Crippen LogP contribution in [-0.2, 0) is 4.79 Å². The molecule has 68 valence electrons. The molecule has 2 aliphatic carbocycles. The highest BCUT2D eigenvalue weighted by Crippen LogP contribution is 2.54. The molecule has 2 rings (SSSR count). The van der Waals surface area contributed by atoms with Crippen molar-refractivity contribution in [1.82, 2.24) is 5.32 Å². The predicted octanol–water partition coefficient (Wildman–Crippen LogP) is 1.56. The van der Waals surface area contributed by atoms with Crippen LogP contribution in [-0.4, -0.2) is 11.9 Å². The van der Waals surface area contributed by atoms with Crippen LogP contribution in [0.5, 0.6) is 0 Å². The van der Waals surface area contributed by atoms with Crippen molar-refractivity contribution in [1.29, 1.82) is 0 Å². The number of carbonyl (C=O) groups excluding carboxylic acids is 1. The van der Waals surface area contributed by atoms with Crippen LogP contribution in [0.25, 0.3) is 0 Å². The number of hydrogen-bond donors (Lipinski definition) is 1. The highest BCUT2D eigenvalue weighted by Gasteiger charge is 2.50. The largest absolute Gasteiger partial charge is 0.354 e. The summed E-state index contributed by atoms with van der Waals surface area (Å²) in [5.74, 6) is 2.33. The second-order valence-electron chi connectivity index (χ2n) is 4.51. The van der Waals surface area contributed by atoms with Gasteiger partial charge in [-0.05, 0) is 44.9 Å². The van der Waals surface area contributed by atoms with Crippen LogP contribution in [0.15, 0.2) is 0 Å². The van der Waals surface area contributed by atoms with E-state index in [1.807, 2.05) is 13.8 Å². The van der Waals surface area contributed by atoms with Gasteiger partial charge in [0.2, 0.25) is 5.91 Å². The Morgan fingerprint density at radius 3 is 2.58 bits per heavy atom. The van der Waals surface area contributed by atoms with Gasteiger partial charge < -0.3 is 5.32 Å². The lowest BCUT2D eigenvalue weighted by Crippen LogP contribution is -2.31. The van der Waals surface area contributed by atoms with Crippen molar-refractivity contribution in [3.8, 4) is 0 Å². The maximum atomic E-state index is 11.4. The Labute approximate surface area is 73.7 Å². The fourth-order valence-corrected chi connectivity index (χ4v) is 1.95. The third-order valence-electron chi connectivity index (χ3n) is 2.84. The minimum atomic E-state index is 0.293. The van der Waals surface area contributed by atoms with Crippen LogP contribution in [0.2, 0.25) is 0 Å². The smallest absolute Gasteiger partial charge is 0.223 e. The zero-order chi connectivity index (χ0) is 8.72. The van der Waals surface area contributed by atoms with E-state index in [0.717, 1.165) is 18.3 Å². The molecule has 2 heteroatoms. The lowest BCUT2D eigenvalue weighted by atomic mass is 10.2. The van der Waals surface area contributed by atoms with Crippen molar-refractivity contribution < 1.29 is 4.79 Å². The molecule has 1 N–H and O–H groups in total. The molecule has 12 heavy (non-hydrogen) atoms. The van der Waals surface area contributed by atoms with Crippen molar-refractivity contribution in [2.75, 3.05) is 0 Å². The van der Waals surface area contributed by atoms with Gasteiger partial charge in [-0.3, -0.25) is 4.79 Å². The van der Waals surface area contributed by atoms with Crippen LogP contribution in [0.3, 0.4) is 0 Å². The lowest BCUT2D eigenvalue weighted by Gasteiger charge is -2.07. The van der Waals surface area contributed by atoms with Gasteiger partial charge in [-0.1, -0.05) is 0 Å². The maximum Gasteiger partial charge on any atom is 0.223 e. The first-order valence-electron chi connectivity index (χ1n) is 4.99. The van der Waals surface area contributed by atoms with Gasteiger partial charge in [0.05, 0.1) is 0 Å². The lowest BCUT2D eigenvalue weighted by molar-refractivity contribution is -0.123. The van der Waals surface area contributed by atoms with Crippen LogP contribution >= 0.6 is 0 Å². The van der Waals surface area contributed by atoms with Crippen molar-refractivity contribution in [3.05, 3.63) is 0 Å². The first kappa shape index (κ1) is 8.09. The van der Waals surface area contributed by atoms with Gasteiger partial charge in [-0.2, -0.15) is 0 Å². The molecular weight excluding hydrogens is 150 g/mol. The fraction of sp³-hybridized carbons (Fsp3) is 0.900. The molecule has 2 saturated carbocycles. The molecule has 2 atom stereocenters. The van der Waals surface area contributed by atoms with Gasteiger partial charge in [0.25, 0.3) is 0 Å². The van der Waals surface area contributed by atoms with E-state index in [9.17, 15) is 4.79 Å². The van der Waals surface area contributed by atoms with E-state index in [-0.39, 0.29) is 0 Å². The summed E-state index contributed by atoms with van der Waals surface area (Å²) in [5, 5.41) is 2.98.